The molecule has 2 aromatic rings. The van der Waals surface area contributed by atoms with E-state index < -0.39 is 0 Å². The molecule has 1 aliphatic rings. The average Bonchev–Trinajstić information content (AvgIpc) is 2.49. The number of hydrogen-bond acceptors (Lipinski definition) is 3. The highest BCUT2D eigenvalue weighted by Crippen LogP contribution is 2.23. The molecule has 3 rings (SSSR count). The van der Waals surface area contributed by atoms with E-state index in [-0.39, 0.29) is 11.0 Å². The van der Waals surface area contributed by atoms with Crippen LogP contribution < -0.4 is 5.56 Å². The van der Waals surface area contributed by atoms with Gasteiger partial charge in [0.15, 0.2) is 0 Å². The van der Waals surface area contributed by atoms with Gasteiger partial charge >= 0.3 is 0 Å². The van der Waals surface area contributed by atoms with Crippen LogP contribution in [-0.2, 0) is 24.9 Å². The van der Waals surface area contributed by atoms with Crippen LogP contribution in [0.1, 0.15) is 43.4 Å². The summed E-state index contributed by atoms with van der Waals surface area (Å²) in [6.07, 6.45) is 0.826. The zero-order valence-corrected chi connectivity index (χ0v) is 15.4. The number of hydrogen-bond donors (Lipinski definition) is 1. The molecule has 1 aromatic heterocycles. The molecule has 0 fully saturated rings. The van der Waals surface area contributed by atoms with Gasteiger partial charge in [-0.05, 0) is 11.6 Å². The minimum atomic E-state index is -0.139. The van der Waals surface area contributed by atoms with Crippen LogP contribution >= 0.6 is 15.9 Å². The fourth-order valence-electron chi connectivity index (χ4n) is 2.84. The third-order valence-electron chi connectivity index (χ3n) is 4.21. The lowest BCUT2D eigenvalue weighted by molar-refractivity contribution is 0.240. The Labute approximate surface area is 145 Å². The topological polar surface area (TPSA) is 49.0 Å². The van der Waals surface area contributed by atoms with Crippen LogP contribution in [0.3, 0.4) is 0 Å². The van der Waals surface area contributed by atoms with Gasteiger partial charge in [0.1, 0.15) is 5.82 Å². The molecule has 2 heterocycles. The summed E-state index contributed by atoms with van der Waals surface area (Å²) in [4.78, 5) is 22.4. The molecule has 0 bridgehead atoms. The minimum Gasteiger partial charge on any atom is -0.310 e. The summed E-state index contributed by atoms with van der Waals surface area (Å²) in [6.45, 7) is 8.62. The highest BCUT2D eigenvalue weighted by molar-refractivity contribution is 9.10. The van der Waals surface area contributed by atoms with Crippen molar-refractivity contribution in [2.75, 3.05) is 6.54 Å². The molecule has 0 spiro atoms. The molecular formula is C18H22BrN3O. The molecule has 0 atom stereocenters. The average molecular weight is 376 g/mol. The maximum atomic E-state index is 12.5. The number of aromatic nitrogens is 2. The monoisotopic (exact) mass is 375 g/mol. The first-order valence-corrected chi connectivity index (χ1v) is 8.72. The van der Waals surface area contributed by atoms with Crippen molar-refractivity contribution in [3.05, 3.63) is 61.7 Å². The molecule has 1 N–H and O–H groups in total. The van der Waals surface area contributed by atoms with Gasteiger partial charge < -0.3 is 4.98 Å². The van der Waals surface area contributed by atoms with E-state index in [9.17, 15) is 4.79 Å². The molecule has 0 saturated heterocycles. The second-order valence-electron chi connectivity index (χ2n) is 7.14. The molecule has 0 radical (unpaired) electrons. The summed E-state index contributed by atoms with van der Waals surface area (Å²) in [6, 6.07) is 8.23. The van der Waals surface area contributed by atoms with E-state index in [1.807, 2.05) is 12.1 Å². The van der Waals surface area contributed by atoms with Crippen molar-refractivity contribution in [2.24, 2.45) is 0 Å². The van der Waals surface area contributed by atoms with Crippen LogP contribution in [0, 0.1) is 0 Å². The Morgan fingerprint density at radius 1 is 1.30 bits per heavy atom. The van der Waals surface area contributed by atoms with Gasteiger partial charge in [-0.3, -0.25) is 9.69 Å². The van der Waals surface area contributed by atoms with E-state index in [1.54, 1.807) is 0 Å². The largest absolute Gasteiger partial charge is 0.310 e. The van der Waals surface area contributed by atoms with E-state index in [1.165, 1.54) is 5.56 Å². The Hall–Kier alpha value is -1.46. The second kappa shape index (κ2) is 6.21. The van der Waals surface area contributed by atoms with Crippen LogP contribution in [-0.4, -0.2) is 21.4 Å². The Bertz CT molecular complexity index is 777. The van der Waals surface area contributed by atoms with E-state index >= 15 is 0 Å². The van der Waals surface area contributed by atoms with Crippen LogP contribution in [0.25, 0.3) is 0 Å². The zero-order valence-electron chi connectivity index (χ0n) is 13.8. The summed E-state index contributed by atoms with van der Waals surface area (Å²) in [7, 11) is 0. The van der Waals surface area contributed by atoms with Gasteiger partial charge in [-0.1, -0.05) is 54.9 Å². The second-order valence-corrected chi connectivity index (χ2v) is 8.00. The van der Waals surface area contributed by atoms with Crippen molar-refractivity contribution in [2.45, 2.75) is 45.7 Å². The summed E-state index contributed by atoms with van der Waals surface area (Å²) in [5, 5.41) is 0. The molecule has 1 aromatic carbocycles. The minimum absolute atomic E-state index is 0.0109. The summed E-state index contributed by atoms with van der Waals surface area (Å²) >= 11 is 3.59. The van der Waals surface area contributed by atoms with Gasteiger partial charge in [0.05, 0.1) is 11.3 Å². The highest BCUT2D eigenvalue weighted by atomic mass is 79.9. The lowest BCUT2D eigenvalue weighted by Gasteiger charge is -2.29. The molecule has 1 aliphatic heterocycles. The van der Waals surface area contributed by atoms with Gasteiger partial charge in [-0.2, -0.15) is 0 Å². The molecule has 4 nitrogen and oxygen atoms in total. The standard InChI is InChI=1S/C18H22BrN3O/c1-18(2,3)17-20-15-8-9-22(11-13(15)16(23)21-17)10-12-6-4-5-7-14(12)19/h4-7H,8-11H2,1-3H3,(H,20,21,23). The predicted octanol–water partition coefficient (Wildman–Crippen LogP) is 3.39. The zero-order chi connectivity index (χ0) is 16.6. The number of halogens is 1. The molecule has 0 aliphatic carbocycles. The first-order chi connectivity index (χ1) is 10.8. The van der Waals surface area contributed by atoms with Crippen molar-refractivity contribution >= 4 is 15.9 Å². The number of rotatable bonds is 2. The van der Waals surface area contributed by atoms with Crippen LogP contribution in [0.2, 0.25) is 0 Å². The highest BCUT2D eigenvalue weighted by Gasteiger charge is 2.24. The molecule has 0 saturated carbocycles. The fraction of sp³-hybridized carbons (Fsp3) is 0.444. The first-order valence-electron chi connectivity index (χ1n) is 7.93. The Morgan fingerprint density at radius 3 is 2.74 bits per heavy atom. The maximum absolute atomic E-state index is 12.5. The molecule has 0 amide bonds. The van der Waals surface area contributed by atoms with Gasteiger partial charge in [0.25, 0.3) is 5.56 Å². The third kappa shape index (κ3) is 3.56. The van der Waals surface area contributed by atoms with E-state index in [4.69, 9.17) is 4.98 Å². The summed E-state index contributed by atoms with van der Waals surface area (Å²) in [5.74, 6) is 0.778. The van der Waals surface area contributed by atoms with Crippen molar-refractivity contribution in [1.29, 1.82) is 0 Å². The SMILES string of the molecule is CC(C)(C)c1nc2c(c(=O)[nH]1)CN(Cc1ccccc1Br)CC2. The van der Waals surface area contributed by atoms with Gasteiger partial charge in [0, 0.05) is 35.9 Å². The van der Waals surface area contributed by atoms with Crippen LogP contribution in [0.15, 0.2) is 33.5 Å². The number of fused-ring (bicyclic) bond motifs is 1. The van der Waals surface area contributed by atoms with Crippen molar-refractivity contribution < 1.29 is 0 Å². The number of nitrogens with zero attached hydrogens (tertiary/aromatic N) is 2. The molecule has 5 heteroatoms. The van der Waals surface area contributed by atoms with Crippen molar-refractivity contribution in [1.82, 2.24) is 14.9 Å². The van der Waals surface area contributed by atoms with E-state index in [2.05, 4.69) is 58.7 Å². The molecule has 122 valence electrons. The summed E-state index contributed by atoms with van der Waals surface area (Å²) < 4.78 is 1.11. The van der Waals surface area contributed by atoms with Crippen molar-refractivity contribution in [3.8, 4) is 0 Å². The molecular weight excluding hydrogens is 354 g/mol. The van der Waals surface area contributed by atoms with Gasteiger partial charge in [-0.15, -0.1) is 0 Å². The Balaban J connectivity index is 1.84. The van der Waals surface area contributed by atoms with Gasteiger partial charge in [-0.25, -0.2) is 4.98 Å². The van der Waals surface area contributed by atoms with Gasteiger partial charge in [0.2, 0.25) is 0 Å². The quantitative estimate of drug-likeness (QED) is 0.874. The number of nitrogens with one attached hydrogen (secondary N) is 1. The lowest BCUT2D eigenvalue weighted by Crippen LogP contribution is -2.37. The Kier molecular flexibility index (Phi) is 4.43. The Morgan fingerprint density at radius 2 is 2.04 bits per heavy atom. The van der Waals surface area contributed by atoms with E-state index in [0.717, 1.165) is 41.1 Å². The number of benzene rings is 1. The van der Waals surface area contributed by atoms with Crippen LogP contribution in [0.5, 0.6) is 0 Å². The maximum Gasteiger partial charge on any atom is 0.255 e. The normalized spacial score (nSPS) is 15.5. The molecule has 0 unspecified atom stereocenters. The summed E-state index contributed by atoms with van der Waals surface area (Å²) in [5.41, 5.74) is 2.89. The first kappa shape index (κ1) is 16.4. The van der Waals surface area contributed by atoms with Crippen molar-refractivity contribution in [3.63, 3.8) is 0 Å². The van der Waals surface area contributed by atoms with E-state index in [0.29, 0.717) is 6.54 Å². The lowest BCUT2D eigenvalue weighted by atomic mass is 9.95. The fourth-order valence-corrected chi connectivity index (χ4v) is 3.25. The molecule has 23 heavy (non-hydrogen) atoms. The predicted molar refractivity (Wildman–Crippen MR) is 95.5 cm³/mol. The van der Waals surface area contributed by atoms with Crippen LogP contribution in [0.4, 0.5) is 0 Å². The number of H-pyrrole nitrogens is 1. The smallest absolute Gasteiger partial charge is 0.255 e. The number of aromatic amines is 1. The third-order valence-corrected chi connectivity index (χ3v) is 4.98.